The van der Waals surface area contributed by atoms with Crippen LogP contribution in [-0.2, 0) is 6.18 Å². The van der Waals surface area contributed by atoms with Crippen LogP contribution in [0.1, 0.15) is 22.5 Å². The number of carbonyl (C=O) groups is 1. The molecule has 11 heteroatoms. The molecule has 1 aromatic heterocycles. The highest BCUT2D eigenvalue weighted by molar-refractivity contribution is 5.92. The third kappa shape index (κ3) is 4.71. The fourth-order valence-electron chi connectivity index (χ4n) is 3.75. The number of rotatable bonds is 3. The van der Waals surface area contributed by atoms with E-state index >= 15 is 0 Å². The molecule has 2 aliphatic heterocycles. The molecule has 29 heavy (non-hydrogen) atoms. The Morgan fingerprint density at radius 1 is 1.17 bits per heavy atom. The van der Waals surface area contributed by atoms with Gasteiger partial charge in [-0.15, -0.1) is 17.5 Å². The van der Waals surface area contributed by atoms with E-state index in [0.717, 1.165) is 44.7 Å². The molecule has 0 bridgehead atoms. The van der Waals surface area contributed by atoms with Crippen molar-refractivity contribution in [1.29, 1.82) is 0 Å². The summed E-state index contributed by atoms with van der Waals surface area (Å²) in [6.07, 6.45) is -2.15. The maximum Gasteiger partial charge on any atom is 0.416 e. The maximum atomic E-state index is 12.9. The summed E-state index contributed by atoms with van der Waals surface area (Å²) in [6.45, 7) is 5.13. The van der Waals surface area contributed by atoms with E-state index in [9.17, 15) is 18.0 Å². The number of hydrogen-bond donors (Lipinski definition) is 1. The van der Waals surface area contributed by atoms with Crippen LogP contribution in [0.15, 0.2) is 30.5 Å². The van der Waals surface area contributed by atoms with Crippen LogP contribution in [-0.4, -0.2) is 76.0 Å². The number of aromatic nitrogens is 3. The van der Waals surface area contributed by atoms with Gasteiger partial charge in [0.05, 0.1) is 17.4 Å². The molecule has 158 valence electrons. The molecule has 0 radical (unpaired) electrons. The molecule has 1 aromatic carbocycles. The molecule has 2 saturated heterocycles. The van der Waals surface area contributed by atoms with Gasteiger partial charge in [-0.3, -0.25) is 9.69 Å². The van der Waals surface area contributed by atoms with Gasteiger partial charge in [0.25, 0.3) is 5.91 Å². The monoisotopic (exact) mass is 430 g/mol. The fraction of sp³-hybridized carbons (Fsp3) is 0.500. The minimum Gasteiger partial charge on any atom is -0.336 e. The number of nitrogens with zero attached hydrogens (tertiary/aromatic N) is 5. The van der Waals surface area contributed by atoms with E-state index in [1.165, 1.54) is 23.0 Å². The molecule has 0 saturated carbocycles. The van der Waals surface area contributed by atoms with Crippen molar-refractivity contribution in [2.24, 2.45) is 0 Å². The second-order valence-electron chi connectivity index (χ2n) is 7.08. The Bertz CT molecular complexity index is 852. The Morgan fingerprint density at radius 3 is 2.66 bits per heavy atom. The first-order valence-electron chi connectivity index (χ1n) is 9.26. The predicted octanol–water partition coefficient (Wildman–Crippen LogP) is 1.83. The molecule has 1 N–H and O–H groups in total. The summed E-state index contributed by atoms with van der Waals surface area (Å²) in [4.78, 5) is 16.9. The summed E-state index contributed by atoms with van der Waals surface area (Å²) in [5, 5.41) is 11.0. The summed E-state index contributed by atoms with van der Waals surface area (Å²) in [6, 6.07) is 5.12. The summed E-state index contributed by atoms with van der Waals surface area (Å²) in [5.74, 6) is -0.240. The van der Waals surface area contributed by atoms with Crippen molar-refractivity contribution < 1.29 is 18.0 Å². The topological polar surface area (TPSA) is 66.3 Å². The van der Waals surface area contributed by atoms with Crippen molar-refractivity contribution in [3.05, 3.63) is 41.7 Å². The SMILES string of the molecule is Cl.O=C(c1cn(-c2cccc(C(F)(F)F)c2)nn1)N1CCC(N2CCNCC2)C1. The quantitative estimate of drug-likeness (QED) is 0.804. The lowest BCUT2D eigenvalue weighted by molar-refractivity contribution is -0.137. The fourth-order valence-corrected chi connectivity index (χ4v) is 3.75. The summed E-state index contributed by atoms with van der Waals surface area (Å²) >= 11 is 0. The lowest BCUT2D eigenvalue weighted by Crippen LogP contribution is -2.49. The van der Waals surface area contributed by atoms with Crippen molar-refractivity contribution in [1.82, 2.24) is 30.1 Å². The normalized spacial score (nSPS) is 20.5. The van der Waals surface area contributed by atoms with Gasteiger partial charge in [-0.2, -0.15) is 13.2 Å². The molecule has 2 aliphatic rings. The minimum atomic E-state index is -4.44. The average Bonchev–Trinajstić information content (AvgIpc) is 3.38. The first-order chi connectivity index (χ1) is 13.4. The molecule has 1 amide bonds. The van der Waals surface area contributed by atoms with Gasteiger partial charge < -0.3 is 10.2 Å². The number of halogens is 4. The van der Waals surface area contributed by atoms with E-state index in [2.05, 4.69) is 20.5 Å². The van der Waals surface area contributed by atoms with Gasteiger partial charge in [0.2, 0.25) is 0 Å². The van der Waals surface area contributed by atoms with Crippen LogP contribution in [0, 0.1) is 0 Å². The summed E-state index contributed by atoms with van der Waals surface area (Å²) < 4.78 is 39.9. The van der Waals surface area contributed by atoms with Crippen LogP contribution in [0.4, 0.5) is 13.2 Å². The Balaban J connectivity index is 0.00000240. The second-order valence-corrected chi connectivity index (χ2v) is 7.08. The molecular formula is C18H22ClF3N6O. The van der Waals surface area contributed by atoms with Crippen LogP contribution in [0.25, 0.3) is 5.69 Å². The number of alkyl halides is 3. The molecule has 2 fully saturated rings. The van der Waals surface area contributed by atoms with Crippen LogP contribution in [0.3, 0.4) is 0 Å². The van der Waals surface area contributed by atoms with Crippen molar-refractivity contribution in [3.8, 4) is 5.69 Å². The number of piperazine rings is 1. The van der Waals surface area contributed by atoms with Crippen molar-refractivity contribution in [2.45, 2.75) is 18.6 Å². The lowest BCUT2D eigenvalue weighted by atomic mass is 10.2. The van der Waals surface area contributed by atoms with E-state index in [1.54, 1.807) is 4.90 Å². The molecular weight excluding hydrogens is 409 g/mol. The smallest absolute Gasteiger partial charge is 0.336 e. The number of likely N-dealkylation sites (tertiary alicyclic amines) is 1. The Labute approximate surface area is 172 Å². The number of hydrogen-bond acceptors (Lipinski definition) is 5. The Morgan fingerprint density at radius 2 is 1.93 bits per heavy atom. The molecule has 4 rings (SSSR count). The lowest BCUT2D eigenvalue weighted by Gasteiger charge is -2.32. The third-order valence-corrected chi connectivity index (χ3v) is 5.27. The maximum absolute atomic E-state index is 12.9. The molecule has 3 heterocycles. The second kappa shape index (κ2) is 8.68. The first kappa shape index (κ1) is 21.5. The van der Waals surface area contributed by atoms with Crippen LogP contribution in [0.2, 0.25) is 0 Å². The summed E-state index contributed by atoms with van der Waals surface area (Å²) in [7, 11) is 0. The number of amides is 1. The van der Waals surface area contributed by atoms with Gasteiger partial charge in [0.15, 0.2) is 5.69 Å². The van der Waals surface area contributed by atoms with Crippen LogP contribution < -0.4 is 5.32 Å². The minimum absolute atomic E-state index is 0. The largest absolute Gasteiger partial charge is 0.416 e. The third-order valence-electron chi connectivity index (χ3n) is 5.27. The predicted molar refractivity (Wildman–Crippen MR) is 102 cm³/mol. The number of carbonyl (C=O) groups excluding carboxylic acids is 1. The molecule has 0 aliphatic carbocycles. The molecule has 1 unspecified atom stereocenters. The Kier molecular flexibility index (Phi) is 6.45. The van der Waals surface area contributed by atoms with Gasteiger partial charge in [-0.25, -0.2) is 4.68 Å². The van der Waals surface area contributed by atoms with E-state index in [1.807, 2.05) is 0 Å². The van der Waals surface area contributed by atoms with Crippen LogP contribution in [0.5, 0.6) is 0 Å². The van der Waals surface area contributed by atoms with E-state index in [0.29, 0.717) is 19.1 Å². The zero-order chi connectivity index (χ0) is 19.7. The zero-order valence-electron chi connectivity index (χ0n) is 15.6. The van der Waals surface area contributed by atoms with Crippen molar-refractivity contribution >= 4 is 18.3 Å². The van der Waals surface area contributed by atoms with Gasteiger partial charge in [0.1, 0.15) is 0 Å². The van der Waals surface area contributed by atoms with Gasteiger partial charge >= 0.3 is 6.18 Å². The van der Waals surface area contributed by atoms with Gasteiger partial charge in [-0.1, -0.05) is 11.3 Å². The van der Waals surface area contributed by atoms with E-state index in [4.69, 9.17) is 0 Å². The van der Waals surface area contributed by atoms with E-state index in [-0.39, 0.29) is 29.7 Å². The van der Waals surface area contributed by atoms with Gasteiger partial charge in [0, 0.05) is 45.3 Å². The highest BCUT2D eigenvalue weighted by atomic mass is 35.5. The molecule has 2 aromatic rings. The Hall–Kier alpha value is -2.17. The number of benzene rings is 1. The molecule has 1 atom stereocenters. The summed E-state index contributed by atoms with van der Waals surface area (Å²) in [5.41, 5.74) is -0.424. The zero-order valence-corrected chi connectivity index (χ0v) is 16.4. The van der Waals surface area contributed by atoms with Crippen molar-refractivity contribution in [3.63, 3.8) is 0 Å². The molecule has 7 nitrogen and oxygen atoms in total. The highest BCUT2D eigenvalue weighted by Crippen LogP contribution is 2.30. The van der Waals surface area contributed by atoms with Crippen molar-refractivity contribution in [2.75, 3.05) is 39.3 Å². The van der Waals surface area contributed by atoms with Crippen LogP contribution >= 0.6 is 12.4 Å². The standard InChI is InChI=1S/C18H21F3N6O.ClH/c19-18(20,21)13-2-1-3-14(10-13)27-12-16(23-24-27)17(28)26-7-4-15(11-26)25-8-5-22-6-9-25;/h1-3,10,12,15,22H,4-9,11H2;1H. The van der Waals surface area contributed by atoms with Gasteiger partial charge in [-0.05, 0) is 24.6 Å². The van der Waals surface area contributed by atoms with E-state index < -0.39 is 11.7 Å². The first-order valence-corrected chi connectivity index (χ1v) is 9.26. The number of nitrogens with one attached hydrogen (secondary N) is 1. The molecule has 0 spiro atoms. The highest BCUT2D eigenvalue weighted by Gasteiger charge is 2.33. The average molecular weight is 431 g/mol.